The topological polar surface area (TPSA) is 23.5 Å². The molecule has 0 aromatic rings. The smallest absolute Gasteiger partial charge is 0.395 e. The summed E-state index contributed by atoms with van der Waals surface area (Å²) in [7, 11) is 0. The fourth-order valence-electron chi connectivity index (χ4n) is 2.49. The molecule has 0 aliphatic carbocycles. The number of alkyl halides is 3. The molecule has 128 valence electrons. The maximum atomic E-state index is 12.3. The minimum Gasteiger partial charge on any atom is -0.395 e. The highest BCUT2D eigenvalue weighted by Gasteiger charge is 2.30. The minimum absolute atomic E-state index is 0.108. The predicted molar refractivity (Wildman–Crippen MR) is 81.4 cm³/mol. The summed E-state index contributed by atoms with van der Waals surface area (Å²) in [6.07, 6.45) is 7.62. The van der Waals surface area contributed by atoms with E-state index in [1.807, 2.05) is 0 Å². The standard InChI is InChI=1S/C16H32F3NO/c1-2-3-4-5-6-7-8-9-10-11-12-20(13-14-21)15-16(17,18)19/h21H,2-15H2,1H3. The Labute approximate surface area is 127 Å². The van der Waals surface area contributed by atoms with Crippen LogP contribution in [-0.4, -0.2) is 42.4 Å². The van der Waals surface area contributed by atoms with Gasteiger partial charge < -0.3 is 5.11 Å². The summed E-state index contributed by atoms with van der Waals surface area (Å²) in [6, 6.07) is 0. The van der Waals surface area contributed by atoms with E-state index in [1.165, 1.54) is 49.8 Å². The van der Waals surface area contributed by atoms with Crippen LogP contribution in [0.2, 0.25) is 0 Å². The fraction of sp³-hybridized carbons (Fsp3) is 1.00. The lowest BCUT2D eigenvalue weighted by Gasteiger charge is -2.22. The van der Waals surface area contributed by atoms with Crippen molar-refractivity contribution in [2.24, 2.45) is 0 Å². The average Bonchev–Trinajstić information content (AvgIpc) is 2.39. The number of aliphatic hydroxyl groups excluding tert-OH is 1. The van der Waals surface area contributed by atoms with Gasteiger partial charge in [0.15, 0.2) is 0 Å². The predicted octanol–water partition coefficient (Wildman–Crippen LogP) is 4.76. The first-order chi connectivity index (χ1) is 9.99. The van der Waals surface area contributed by atoms with Gasteiger partial charge in [-0.05, 0) is 13.0 Å². The van der Waals surface area contributed by atoms with Crippen molar-refractivity contribution >= 4 is 0 Å². The summed E-state index contributed by atoms with van der Waals surface area (Å²) in [5.74, 6) is 0. The van der Waals surface area contributed by atoms with Gasteiger partial charge in [-0.1, -0.05) is 64.7 Å². The van der Waals surface area contributed by atoms with Gasteiger partial charge in [0, 0.05) is 6.54 Å². The fourth-order valence-corrected chi connectivity index (χ4v) is 2.49. The zero-order valence-electron chi connectivity index (χ0n) is 13.4. The van der Waals surface area contributed by atoms with Crippen molar-refractivity contribution in [3.63, 3.8) is 0 Å². The first kappa shape index (κ1) is 20.7. The van der Waals surface area contributed by atoms with Gasteiger partial charge in [0.25, 0.3) is 0 Å². The SMILES string of the molecule is CCCCCCCCCCCCN(CCO)CC(F)(F)F. The molecule has 0 saturated carbocycles. The molecular formula is C16H32F3NO. The quantitative estimate of drug-likeness (QED) is 0.467. The molecule has 0 aliphatic heterocycles. The van der Waals surface area contributed by atoms with Gasteiger partial charge in [-0.25, -0.2) is 0 Å². The van der Waals surface area contributed by atoms with Gasteiger partial charge in [-0.15, -0.1) is 0 Å². The molecule has 0 radical (unpaired) electrons. The summed E-state index contributed by atoms with van der Waals surface area (Å²) >= 11 is 0. The number of hydrogen-bond acceptors (Lipinski definition) is 2. The Bertz CT molecular complexity index is 222. The van der Waals surface area contributed by atoms with Gasteiger partial charge in [-0.3, -0.25) is 4.90 Å². The Balaban J connectivity index is 3.45. The van der Waals surface area contributed by atoms with Crippen molar-refractivity contribution in [1.82, 2.24) is 4.90 Å². The lowest BCUT2D eigenvalue weighted by Crippen LogP contribution is -2.36. The van der Waals surface area contributed by atoms with Crippen LogP contribution >= 0.6 is 0 Å². The van der Waals surface area contributed by atoms with E-state index >= 15 is 0 Å². The number of nitrogens with zero attached hydrogens (tertiary/aromatic N) is 1. The molecule has 0 unspecified atom stereocenters. The molecule has 0 atom stereocenters. The molecule has 0 aromatic heterocycles. The maximum Gasteiger partial charge on any atom is 0.401 e. The second kappa shape index (κ2) is 13.4. The summed E-state index contributed by atoms with van der Waals surface area (Å²) in [4.78, 5) is 1.30. The molecule has 0 saturated heterocycles. The summed E-state index contributed by atoms with van der Waals surface area (Å²) in [5, 5.41) is 8.79. The van der Waals surface area contributed by atoms with E-state index in [1.54, 1.807) is 0 Å². The highest BCUT2D eigenvalue weighted by atomic mass is 19.4. The molecule has 0 bridgehead atoms. The Kier molecular flexibility index (Phi) is 13.2. The van der Waals surface area contributed by atoms with Crippen LogP contribution < -0.4 is 0 Å². The van der Waals surface area contributed by atoms with Crippen LogP contribution in [0.4, 0.5) is 13.2 Å². The largest absolute Gasteiger partial charge is 0.401 e. The zero-order chi connectivity index (χ0) is 16.0. The van der Waals surface area contributed by atoms with Crippen LogP contribution in [0.25, 0.3) is 0 Å². The van der Waals surface area contributed by atoms with Crippen LogP contribution in [0, 0.1) is 0 Å². The molecule has 0 rings (SSSR count). The van der Waals surface area contributed by atoms with E-state index in [-0.39, 0.29) is 13.2 Å². The van der Waals surface area contributed by atoms with Crippen molar-refractivity contribution in [2.75, 3.05) is 26.2 Å². The normalized spacial score (nSPS) is 12.3. The van der Waals surface area contributed by atoms with Crippen molar-refractivity contribution in [3.8, 4) is 0 Å². The van der Waals surface area contributed by atoms with Gasteiger partial charge in [0.2, 0.25) is 0 Å². The number of rotatable bonds is 14. The Morgan fingerprint density at radius 3 is 1.67 bits per heavy atom. The molecule has 0 amide bonds. The average molecular weight is 311 g/mol. The third-order valence-corrected chi connectivity index (χ3v) is 3.65. The number of aliphatic hydroxyl groups is 1. The lowest BCUT2D eigenvalue weighted by molar-refractivity contribution is -0.146. The van der Waals surface area contributed by atoms with Crippen LogP contribution in [-0.2, 0) is 0 Å². The number of unbranched alkanes of at least 4 members (excludes halogenated alkanes) is 9. The highest BCUT2D eigenvalue weighted by Crippen LogP contribution is 2.17. The maximum absolute atomic E-state index is 12.3. The number of halogens is 3. The molecule has 0 aromatic carbocycles. The van der Waals surface area contributed by atoms with Gasteiger partial charge in [-0.2, -0.15) is 13.2 Å². The molecule has 5 heteroatoms. The molecule has 0 aliphatic rings. The van der Waals surface area contributed by atoms with Crippen molar-refractivity contribution in [3.05, 3.63) is 0 Å². The summed E-state index contributed by atoms with van der Waals surface area (Å²) in [6.45, 7) is 1.62. The van der Waals surface area contributed by atoms with E-state index in [4.69, 9.17) is 5.11 Å². The van der Waals surface area contributed by atoms with E-state index in [0.717, 1.165) is 19.3 Å². The van der Waals surface area contributed by atoms with Crippen molar-refractivity contribution in [2.45, 2.75) is 77.3 Å². The molecule has 0 heterocycles. The van der Waals surface area contributed by atoms with Crippen molar-refractivity contribution in [1.29, 1.82) is 0 Å². The Morgan fingerprint density at radius 2 is 1.24 bits per heavy atom. The monoisotopic (exact) mass is 311 g/mol. The Hall–Kier alpha value is -0.290. The molecule has 21 heavy (non-hydrogen) atoms. The summed E-state index contributed by atoms with van der Waals surface area (Å²) in [5.41, 5.74) is 0. The highest BCUT2D eigenvalue weighted by molar-refractivity contribution is 4.63. The van der Waals surface area contributed by atoms with Crippen LogP contribution in [0.5, 0.6) is 0 Å². The molecule has 2 nitrogen and oxygen atoms in total. The van der Waals surface area contributed by atoms with Gasteiger partial charge >= 0.3 is 6.18 Å². The van der Waals surface area contributed by atoms with Gasteiger partial charge in [0.05, 0.1) is 13.2 Å². The summed E-state index contributed by atoms with van der Waals surface area (Å²) < 4.78 is 36.9. The lowest BCUT2D eigenvalue weighted by atomic mass is 10.1. The third-order valence-electron chi connectivity index (χ3n) is 3.65. The van der Waals surface area contributed by atoms with Gasteiger partial charge in [0.1, 0.15) is 0 Å². The van der Waals surface area contributed by atoms with E-state index in [2.05, 4.69) is 6.92 Å². The van der Waals surface area contributed by atoms with E-state index in [9.17, 15) is 13.2 Å². The first-order valence-electron chi connectivity index (χ1n) is 8.39. The Morgan fingerprint density at radius 1 is 0.762 bits per heavy atom. The third kappa shape index (κ3) is 15.9. The van der Waals surface area contributed by atoms with E-state index < -0.39 is 12.7 Å². The molecule has 0 spiro atoms. The minimum atomic E-state index is -4.17. The molecule has 1 N–H and O–H groups in total. The number of hydrogen-bond donors (Lipinski definition) is 1. The van der Waals surface area contributed by atoms with Crippen LogP contribution in [0.1, 0.15) is 71.1 Å². The van der Waals surface area contributed by atoms with Crippen LogP contribution in [0.15, 0.2) is 0 Å². The zero-order valence-corrected chi connectivity index (χ0v) is 13.4. The molecule has 0 fully saturated rings. The second-order valence-electron chi connectivity index (χ2n) is 5.80. The first-order valence-corrected chi connectivity index (χ1v) is 8.39. The second-order valence-corrected chi connectivity index (χ2v) is 5.80. The molecular weight excluding hydrogens is 279 g/mol. The van der Waals surface area contributed by atoms with Crippen molar-refractivity contribution < 1.29 is 18.3 Å². The van der Waals surface area contributed by atoms with Crippen LogP contribution in [0.3, 0.4) is 0 Å². The van der Waals surface area contributed by atoms with E-state index in [0.29, 0.717) is 6.54 Å².